The second-order valence-electron chi connectivity index (χ2n) is 9.34. The van der Waals surface area contributed by atoms with Crippen LogP contribution < -0.4 is 14.8 Å². The number of hydrogen-bond donors (Lipinski definition) is 1. The van der Waals surface area contributed by atoms with Crippen molar-refractivity contribution in [3.63, 3.8) is 0 Å². The third kappa shape index (κ3) is 4.86. The highest BCUT2D eigenvalue weighted by Crippen LogP contribution is 2.41. The number of benzene rings is 1. The van der Waals surface area contributed by atoms with Crippen LogP contribution in [0.1, 0.15) is 25.7 Å². The number of nitrogens with zero attached hydrogens (tertiary/aromatic N) is 7. The van der Waals surface area contributed by atoms with Gasteiger partial charge in [-0.15, -0.1) is 10.2 Å². The zero-order valence-electron chi connectivity index (χ0n) is 20.0. The molecule has 1 aromatic carbocycles. The highest BCUT2D eigenvalue weighted by molar-refractivity contribution is 6.33. The molecule has 4 aromatic rings. The fraction of sp³-hybridized carbons (Fsp3) is 0.458. The number of ether oxygens (including phenoxy) is 2. The average Bonchev–Trinajstić information content (AvgIpc) is 3.25. The molecule has 3 aromatic heterocycles. The van der Waals surface area contributed by atoms with Crippen LogP contribution in [0.4, 0.5) is 0 Å². The van der Waals surface area contributed by atoms with E-state index in [0.717, 1.165) is 51.1 Å². The van der Waals surface area contributed by atoms with Crippen molar-refractivity contribution in [1.82, 2.24) is 39.9 Å². The summed E-state index contributed by atoms with van der Waals surface area (Å²) in [6.07, 6.45) is 4.74. The van der Waals surface area contributed by atoms with E-state index in [1.807, 2.05) is 22.8 Å². The molecule has 0 spiro atoms. The van der Waals surface area contributed by atoms with Crippen LogP contribution in [0, 0.1) is 0 Å². The number of halogens is 1. The number of aromatic nitrogens is 6. The van der Waals surface area contributed by atoms with Gasteiger partial charge in [0.1, 0.15) is 36.7 Å². The quantitative estimate of drug-likeness (QED) is 0.360. The van der Waals surface area contributed by atoms with Gasteiger partial charge in [-0.2, -0.15) is 4.98 Å². The van der Waals surface area contributed by atoms with Gasteiger partial charge in [-0.3, -0.25) is 9.47 Å². The highest BCUT2D eigenvalue weighted by atomic mass is 35.5. The molecule has 1 aliphatic carbocycles. The predicted octanol–water partition coefficient (Wildman–Crippen LogP) is 2.79. The third-order valence-electron chi connectivity index (χ3n) is 6.56. The number of piperazine rings is 1. The lowest BCUT2D eigenvalue weighted by atomic mass is 10.2. The molecule has 0 amide bonds. The van der Waals surface area contributed by atoms with Gasteiger partial charge in [0.15, 0.2) is 11.2 Å². The first-order chi connectivity index (χ1) is 17.6. The molecule has 0 atom stereocenters. The lowest BCUT2D eigenvalue weighted by molar-refractivity contribution is 0.191. The topological polar surface area (TPSA) is 116 Å². The van der Waals surface area contributed by atoms with Gasteiger partial charge in [-0.05, 0) is 38.0 Å². The zero-order chi connectivity index (χ0) is 24.5. The molecule has 0 radical (unpaired) electrons. The summed E-state index contributed by atoms with van der Waals surface area (Å²) in [4.78, 5) is 16.1. The van der Waals surface area contributed by atoms with Crippen molar-refractivity contribution in [1.29, 1.82) is 0 Å². The molecule has 0 unspecified atom stereocenters. The minimum absolute atomic E-state index is 0.209. The van der Waals surface area contributed by atoms with Gasteiger partial charge in [-0.25, -0.2) is 9.97 Å². The molecular weight excluding hydrogens is 484 g/mol. The van der Waals surface area contributed by atoms with Gasteiger partial charge >= 0.3 is 0 Å². The van der Waals surface area contributed by atoms with E-state index in [0.29, 0.717) is 46.1 Å². The van der Waals surface area contributed by atoms with Crippen LogP contribution in [-0.4, -0.2) is 79.5 Å². The lowest BCUT2D eigenvalue weighted by Gasteiger charge is -2.26. The van der Waals surface area contributed by atoms with Crippen LogP contribution >= 0.6 is 11.6 Å². The van der Waals surface area contributed by atoms with Crippen molar-refractivity contribution in [3.8, 4) is 23.0 Å². The van der Waals surface area contributed by atoms with Crippen LogP contribution in [-0.2, 0) is 6.54 Å². The Hall–Kier alpha value is -3.28. The van der Waals surface area contributed by atoms with Gasteiger partial charge in [0.25, 0.3) is 0 Å². The second kappa shape index (κ2) is 9.64. The van der Waals surface area contributed by atoms with E-state index >= 15 is 0 Å². The molecule has 1 saturated carbocycles. The Bertz CT molecular complexity index is 1350. The summed E-state index contributed by atoms with van der Waals surface area (Å²) < 4.78 is 19.4. The van der Waals surface area contributed by atoms with Crippen LogP contribution in [0.25, 0.3) is 22.6 Å². The van der Waals surface area contributed by atoms with E-state index in [1.54, 1.807) is 0 Å². The smallest absolute Gasteiger partial charge is 0.245 e. The zero-order valence-corrected chi connectivity index (χ0v) is 20.7. The fourth-order valence-electron chi connectivity index (χ4n) is 4.25. The van der Waals surface area contributed by atoms with E-state index in [-0.39, 0.29) is 12.1 Å². The molecule has 2 aliphatic rings. The number of fused-ring (bicyclic) bond motifs is 1. The maximum Gasteiger partial charge on any atom is 0.245 e. The Labute approximate surface area is 212 Å². The molecule has 4 heterocycles. The Morgan fingerprint density at radius 3 is 2.81 bits per heavy atom. The maximum absolute atomic E-state index is 6.76. The van der Waals surface area contributed by atoms with E-state index in [4.69, 9.17) is 30.5 Å². The van der Waals surface area contributed by atoms with E-state index in [1.165, 1.54) is 12.7 Å². The number of rotatable bonds is 9. The molecular formula is C24H27ClN8O3. The van der Waals surface area contributed by atoms with Crippen molar-refractivity contribution >= 4 is 22.8 Å². The molecule has 12 heteroatoms. The number of imidazole rings is 1. The second-order valence-corrected chi connectivity index (χ2v) is 9.75. The SMILES string of the molecule is CC1(Oc2ncnc3c2nc(-c2ccc(OCCN4CCNCC4)cc2Cl)n3Cc2nnco2)CC1. The molecule has 11 nitrogen and oxygen atoms in total. The van der Waals surface area contributed by atoms with Gasteiger partial charge in [0, 0.05) is 38.3 Å². The van der Waals surface area contributed by atoms with E-state index in [2.05, 4.69) is 37.3 Å². The number of hydrogen-bond acceptors (Lipinski definition) is 10. The van der Waals surface area contributed by atoms with E-state index < -0.39 is 0 Å². The van der Waals surface area contributed by atoms with Crippen molar-refractivity contribution in [2.45, 2.75) is 31.9 Å². The summed E-state index contributed by atoms with van der Waals surface area (Å²) in [5, 5.41) is 11.7. The molecule has 1 saturated heterocycles. The van der Waals surface area contributed by atoms with Crippen LogP contribution in [0.3, 0.4) is 0 Å². The van der Waals surface area contributed by atoms with Crippen LogP contribution in [0.15, 0.2) is 35.3 Å². The van der Waals surface area contributed by atoms with Crippen molar-refractivity contribution < 1.29 is 13.9 Å². The molecule has 6 rings (SSSR count). The Morgan fingerprint density at radius 1 is 1.19 bits per heavy atom. The molecule has 36 heavy (non-hydrogen) atoms. The molecule has 1 aliphatic heterocycles. The molecule has 0 bridgehead atoms. The first-order valence-corrected chi connectivity index (χ1v) is 12.5. The van der Waals surface area contributed by atoms with Crippen molar-refractivity contribution in [3.05, 3.63) is 41.8 Å². The normalized spacial score (nSPS) is 17.4. The van der Waals surface area contributed by atoms with Crippen molar-refractivity contribution in [2.24, 2.45) is 0 Å². The standard InChI is InChI=1S/C24H27ClN8O3/c1-24(4-5-24)36-23-20-22(27-14-28-23)33(13-19-31-29-15-35-19)21(30-20)17-3-2-16(12-18(17)25)34-11-10-32-8-6-26-7-9-32/h2-3,12,14-15,26H,4-11,13H2,1H3. The highest BCUT2D eigenvalue weighted by Gasteiger charge is 2.41. The summed E-state index contributed by atoms with van der Waals surface area (Å²) in [5.41, 5.74) is 1.68. The fourth-order valence-corrected chi connectivity index (χ4v) is 4.51. The first kappa shape index (κ1) is 23.1. The minimum Gasteiger partial charge on any atom is -0.492 e. The maximum atomic E-state index is 6.76. The summed E-state index contributed by atoms with van der Waals surface area (Å²) >= 11 is 6.76. The van der Waals surface area contributed by atoms with Crippen LogP contribution in [0.5, 0.6) is 11.6 Å². The monoisotopic (exact) mass is 510 g/mol. The average molecular weight is 511 g/mol. The Kier molecular flexibility index (Phi) is 6.20. The summed E-state index contributed by atoms with van der Waals surface area (Å²) in [6, 6.07) is 5.63. The molecule has 2 fully saturated rings. The predicted molar refractivity (Wildman–Crippen MR) is 132 cm³/mol. The van der Waals surface area contributed by atoms with Gasteiger partial charge in [-0.1, -0.05) is 11.6 Å². The third-order valence-corrected chi connectivity index (χ3v) is 6.87. The van der Waals surface area contributed by atoms with Gasteiger partial charge < -0.3 is 19.2 Å². The van der Waals surface area contributed by atoms with E-state index in [9.17, 15) is 0 Å². The Balaban J connectivity index is 1.30. The minimum atomic E-state index is -0.209. The molecule has 1 N–H and O–H groups in total. The Morgan fingerprint density at radius 2 is 2.06 bits per heavy atom. The summed E-state index contributed by atoms with van der Waals surface area (Å²) in [5.74, 6) is 2.19. The lowest BCUT2D eigenvalue weighted by Crippen LogP contribution is -2.44. The van der Waals surface area contributed by atoms with Gasteiger partial charge in [0.2, 0.25) is 18.2 Å². The first-order valence-electron chi connectivity index (χ1n) is 12.1. The van der Waals surface area contributed by atoms with Gasteiger partial charge in [0.05, 0.1) is 5.02 Å². The largest absolute Gasteiger partial charge is 0.492 e. The van der Waals surface area contributed by atoms with Crippen molar-refractivity contribution in [2.75, 3.05) is 39.3 Å². The number of nitrogens with one attached hydrogen (secondary N) is 1. The molecule has 188 valence electrons. The summed E-state index contributed by atoms with van der Waals surface area (Å²) in [6.45, 7) is 7.92. The van der Waals surface area contributed by atoms with Crippen LogP contribution in [0.2, 0.25) is 5.02 Å². The summed E-state index contributed by atoms with van der Waals surface area (Å²) in [7, 11) is 0.